The van der Waals surface area contributed by atoms with Gasteiger partial charge in [0.05, 0.1) is 0 Å². The molecule has 1 aromatic heterocycles. The fraction of sp³-hybridized carbons (Fsp3) is 0.526. The van der Waals surface area contributed by atoms with E-state index >= 15 is 0 Å². The average molecular weight is 395 g/mol. The molecule has 1 fully saturated rings. The molecular formula is C19H27ClN4O3. The van der Waals surface area contributed by atoms with Crippen LogP contribution in [0.1, 0.15) is 40.5 Å². The molecular weight excluding hydrogens is 368 g/mol. The lowest BCUT2D eigenvalue weighted by molar-refractivity contribution is -0.112. The van der Waals surface area contributed by atoms with Crippen molar-refractivity contribution in [3.8, 4) is 0 Å². The molecule has 1 aromatic rings. The fourth-order valence-electron chi connectivity index (χ4n) is 2.80. The number of allylic oxidation sites excluding steroid dienone is 1. The van der Waals surface area contributed by atoms with Crippen molar-refractivity contribution in [1.29, 1.82) is 0 Å². The molecule has 1 atom stereocenters. The highest BCUT2D eigenvalue weighted by Crippen LogP contribution is 2.22. The van der Waals surface area contributed by atoms with Crippen LogP contribution < -0.4 is 15.5 Å². The zero-order chi connectivity index (χ0) is 20.0. The van der Waals surface area contributed by atoms with Gasteiger partial charge < -0.3 is 20.3 Å². The van der Waals surface area contributed by atoms with Crippen molar-refractivity contribution in [2.45, 2.75) is 52.2 Å². The van der Waals surface area contributed by atoms with Crippen LogP contribution in [-0.4, -0.2) is 41.7 Å². The zero-order valence-electron chi connectivity index (χ0n) is 16.2. The van der Waals surface area contributed by atoms with Crippen LogP contribution in [0.2, 0.25) is 0 Å². The number of nitrogens with one attached hydrogen (secondary N) is 2. The molecule has 0 aromatic carbocycles. The monoisotopic (exact) mass is 394 g/mol. The number of alkyl carbamates (subject to hydrolysis) is 1. The van der Waals surface area contributed by atoms with E-state index in [4.69, 9.17) is 16.3 Å². The molecule has 0 unspecified atom stereocenters. The second-order valence-electron chi connectivity index (χ2n) is 7.42. The van der Waals surface area contributed by atoms with Gasteiger partial charge in [0.1, 0.15) is 16.5 Å². The first-order valence-corrected chi connectivity index (χ1v) is 9.39. The summed E-state index contributed by atoms with van der Waals surface area (Å²) in [5.41, 5.74) is 0.401. The smallest absolute Gasteiger partial charge is 0.407 e. The minimum Gasteiger partial charge on any atom is -0.444 e. The van der Waals surface area contributed by atoms with E-state index in [0.717, 1.165) is 25.1 Å². The number of carbonyl (C=O) groups excluding carboxylic acids is 2. The van der Waals surface area contributed by atoms with Gasteiger partial charge in [-0.2, -0.15) is 0 Å². The molecule has 2 amide bonds. The fourth-order valence-corrected chi connectivity index (χ4v) is 2.84. The molecule has 0 bridgehead atoms. The van der Waals surface area contributed by atoms with E-state index in [2.05, 4.69) is 20.5 Å². The van der Waals surface area contributed by atoms with E-state index in [1.165, 1.54) is 6.08 Å². The molecule has 1 aliphatic heterocycles. The summed E-state index contributed by atoms with van der Waals surface area (Å²) in [5, 5.41) is 5.72. The summed E-state index contributed by atoms with van der Waals surface area (Å²) >= 11 is 5.83. The Kier molecular flexibility index (Phi) is 7.07. The molecule has 8 heteroatoms. The number of hydrogen-bond acceptors (Lipinski definition) is 5. The molecule has 148 valence electrons. The highest BCUT2D eigenvalue weighted by atomic mass is 35.5. The number of piperidine rings is 1. The molecule has 2 heterocycles. The van der Waals surface area contributed by atoms with Gasteiger partial charge in [0.25, 0.3) is 5.91 Å². The van der Waals surface area contributed by atoms with Crippen LogP contribution in [0.15, 0.2) is 29.4 Å². The maximum absolute atomic E-state index is 12.0. The topological polar surface area (TPSA) is 83.6 Å². The first-order chi connectivity index (χ1) is 12.7. The van der Waals surface area contributed by atoms with Crippen LogP contribution in [-0.2, 0) is 9.53 Å². The maximum Gasteiger partial charge on any atom is 0.407 e. The Balaban J connectivity index is 2.00. The SMILES string of the molecule is C/C=C(\Cl)C(=O)Nc1cc(N2CCC[C@@H](NC(=O)OC(C)(C)C)C2)ccn1. The highest BCUT2D eigenvalue weighted by molar-refractivity contribution is 6.43. The Labute approximate surface area is 165 Å². The number of pyridine rings is 1. The van der Waals surface area contributed by atoms with Crippen molar-refractivity contribution in [2.24, 2.45) is 0 Å². The Morgan fingerprint density at radius 2 is 2.15 bits per heavy atom. The Morgan fingerprint density at radius 1 is 1.41 bits per heavy atom. The second kappa shape index (κ2) is 9.08. The standard InChI is InChI=1S/C19H27ClN4O3/c1-5-15(20)17(25)23-16-11-14(8-9-21-16)24-10-6-7-13(12-24)22-18(26)27-19(2,3)4/h5,8-9,11,13H,6-7,10,12H2,1-4H3,(H,22,26)(H,21,23,25)/b15-5-/t13-/m1/s1. The van der Waals surface area contributed by atoms with Gasteiger partial charge in [0.15, 0.2) is 0 Å². The Hall–Kier alpha value is -2.28. The van der Waals surface area contributed by atoms with Gasteiger partial charge in [0, 0.05) is 37.1 Å². The molecule has 1 aliphatic rings. The van der Waals surface area contributed by atoms with E-state index in [1.807, 2.05) is 26.8 Å². The van der Waals surface area contributed by atoms with Crippen LogP contribution in [0.4, 0.5) is 16.3 Å². The van der Waals surface area contributed by atoms with Crippen molar-refractivity contribution in [2.75, 3.05) is 23.3 Å². The normalized spacial score (nSPS) is 18.0. The minimum absolute atomic E-state index is 0.00252. The molecule has 0 saturated carbocycles. The van der Waals surface area contributed by atoms with Crippen molar-refractivity contribution < 1.29 is 14.3 Å². The Bertz CT molecular complexity index is 715. The number of nitrogens with zero attached hydrogens (tertiary/aromatic N) is 2. The number of ether oxygens (including phenoxy) is 1. The lowest BCUT2D eigenvalue weighted by atomic mass is 10.1. The van der Waals surface area contributed by atoms with Crippen molar-refractivity contribution >= 4 is 35.1 Å². The minimum atomic E-state index is -0.523. The maximum atomic E-state index is 12.0. The van der Waals surface area contributed by atoms with Crippen molar-refractivity contribution in [3.05, 3.63) is 29.4 Å². The third kappa shape index (κ3) is 6.75. The van der Waals surface area contributed by atoms with Crippen LogP contribution in [0, 0.1) is 0 Å². The summed E-state index contributed by atoms with van der Waals surface area (Å²) in [6, 6.07) is 3.67. The van der Waals surface area contributed by atoms with Gasteiger partial charge in [-0.15, -0.1) is 0 Å². The number of anilines is 2. The molecule has 1 saturated heterocycles. The molecule has 2 rings (SSSR count). The number of aromatic nitrogens is 1. The van der Waals surface area contributed by atoms with Gasteiger partial charge >= 0.3 is 6.09 Å². The lowest BCUT2D eigenvalue weighted by Crippen LogP contribution is -2.49. The van der Waals surface area contributed by atoms with Gasteiger partial charge in [-0.3, -0.25) is 4.79 Å². The van der Waals surface area contributed by atoms with E-state index in [1.54, 1.807) is 19.2 Å². The van der Waals surface area contributed by atoms with Gasteiger partial charge in [-0.1, -0.05) is 17.7 Å². The van der Waals surface area contributed by atoms with Crippen LogP contribution >= 0.6 is 11.6 Å². The van der Waals surface area contributed by atoms with E-state index in [9.17, 15) is 9.59 Å². The number of hydrogen-bond donors (Lipinski definition) is 2. The molecule has 0 aliphatic carbocycles. The van der Waals surface area contributed by atoms with Gasteiger partial charge in [-0.05, 0) is 46.6 Å². The lowest BCUT2D eigenvalue weighted by Gasteiger charge is -2.35. The third-order valence-corrected chi connectivity index (χ3v) is 4.35. The summed E-state index contributed by atoms with van der Waals surface area (Å²) in [5.74, 6) is 0.0339. The van der Waals surface area contributed by atoms with Crippen LogP contribution in [0.5, 0.6) is 0 Å². The quantitative estimate of drug-likeness (QED) is 0.761. The molecule has 0 spiro atoms. The summed E-state index contributed by atoms with van der Waals surface area (Å²) in [6.45, 7) is 8.73. The predicted octanol–water partition coefficient (Wildman–Crippen LogP) is 3.66. The van der Waals surface area contributed by atoms with E-state index < -0.39 is 17.6 Å². The van der Waals surface area contributed by atoms with Crippen LogP contribution in [0.25, 0.3) is 0 Å². The molecule has 0 radical (unpaired) electrons. The number of rotatable bonds is 4. The van der Waals surface area contributed by atoms with Gasteiger partial charge in [0.2, 0.25) is 0 Å². The summed E-state index contributed by atoms with van der Waals surface area (Å²) in [6.07, 6.45) is 4.59. The molecule has 7 nitrogen and oxygen atoms in total. The summed E-state index contributed by atoms with van der Waals surface area (Å²) in [7, 11) is 0. The van der Waals surface area contributed by atoms with Crippen LogP contribution in [0.3, 0.4) is 0 Å². The van der Waals surface area contributed by atoms with E-state index in [0.29, 0.717) is 12.4 Å². The first-order valence-electron chi connectivity index (χ1n) is 9.01. The first kappa shape index (κ1) is 21.0. The van der Waals surface area contributed by atoms with Crippen molar-refractivity contribution in [1.82, 2.24) is 10.3 Å². The van der Waals surface area contributed by atoms with E-state index in [-0.39, 0.29) is 11.1 Å². The predicted molar refractivity (Wildman–Crippen MR) is 107 cm³/mol. The third-order valence-electron chi connectivity index (χ3n) is 3.96. The van der Waals surface area contributed by atoms with Gasteiger partial charge in [-0.25, -0.2) is 9.78 Å². The summed E-state index contributed by atoms with van der Waals surface area (Å²) in [4.78, 5) is 30.2. The highest BCUT2D eigenvalue weighted by Gasteiger charge is 2.24. The molecule has 2 N–H and O–H groups in total. The number of halogens is 1. The Morgan fingerprint density at radius 3 is 2.81 bits per heavy atom. The number of carbonyl (C=O) groups is 2. The number of amides is 2. The second-order valence-corrected chi connectivity index (χ2v) is 7.83. The zero-order valence-corrected chi connectivity index (χ0v) is 17.0. The summed E-state index contributed by atoms with van der Waals surface area (Å²) < 4.78 is 5.33. The van der Waals surface area contributed by atoms with Crippen molar-refractivity contribution in [3.63, 3.8) is 0 Å². The average Bonchev–Trinajstić information content (AvgIpc) is 2.59. The largest absolute Gasteiger partial charge is 0.444 e. The molecule has 27 heavy (non-hydrogen) atoms.